The van der Waals surface area contributed by atoms with Gasteiger partial charge in [0.25, 0.3) is 0 Å². The number of carboxylic acids is 1. The molecule has 0 saturated carbocycles. The lowest BCUT2D eigenvalue weighted by atomic mass is 10.0. The zero-order chi connectivity index (χ0) is 14.1. The van der Waals surface area contributed by atoms with E-state index in [1.165, 1.54) is 4.90 Å². The molecule has 6 heteroatoms. The van der Waals surface area contributed by atoms with Crippen molar-refractivity contribution >= 4 is 12.0 Å². The smallest absolute Gasteiger partial charge is 0.317 e. The number of aliphatic carboxylic acids is 1. The Hall–Kier alpha value is -1.77. The van der Waals surface area contributed by atoms with Crippen LogP contribution in [-0.2, 0) is 4.79 Å². The second-order valence-corrected chi connectivity index (χ2v) is 4.42. The van der Waals surface area contributed by atoms with Gasteiger partial charge in [-0.25, -0.2) is 4.79 Å². The maximum Gasteiger partial charge on any atom is 0.317 e. The predicted octanol–water partition coefficient (Wildman–Crippen LogP) is 1.29. The molecule has 0 spiro atoms. The highest BCUT2D eigenvalue weighted by molar-refractivity contribution is 5.75. The molecule has 0 aromatic rings. The fraction of sp³-hybridized carbons (Fsp3) is 0.750. The van der Waals surface area contributed by atoms with E-state index in [-0.39, 0.29) is 18.5 Å². The minimum atomic E-state index is -0.898. The molecule has 0 rings (SSSR count). The van der Waals surface area contributed by atoms with Gasteiger partial charge in [-0.1, -0.05) is 13.3 Å². The van der Waals surface area contributed by atoms with Crippen LogP contribution >= 0.6 is 0 Å². The largest absolute Gasteiger partial charge is 0.481 e. The first-order valence-corrected chi connectivity index (χ1v) is 6.03. The van der Waals surface area contributed by atoms with Gasteiger partial charge in [0.1, 0.15) is 0 Å². The minimum Gasteiger partial charge on any atom is -0.481 e. The number of hydrogen-bond acceptors (Lipinski definition) is 3. The minimum absolute atomic E-state index is 0.118. The number of nitrogens with one attached hydrogen (secondary N) is 1. The summed E-state index contributed by atoms with van der Waals surface area (Å²) in [5, 5.41) is 20.1. The Morgan fingerprint density at radius 3 is 2.56 bits per heavy atom. The summed E-state index contributed by atoms with van der Waals surface area (Å²) in [6, 6.07) is 1.69. The van der Waals surface area contributed by atoms with Crippen LogP contribution in [0.25, 0.3) is 0 Å². The molecular formula is C12H21N3O3. The number of amides is 2. The van der Waals surface area contributed by atoms with Crippen LogP contribution < -0.4 is 5.32 Å². The number of hydrogen-bond donors (Lipinski definition) is 2. The molecule has 0 saturated heterocycles. The van der Waals surface area contributed by atoms with Gasteiger partial charge in [-0.05, 0) is 13.3 Å². The Morgan fingerprint density at radius 2 is 2.11 bits per heavy atom. The number of carboxylic acid groups (broad SMARTS) is 1. The molecular weight excluding hydrogens is 234 g/mol. The maximum absolute atomic E-state index is 11.6. The Morgan fingerprint density at radius 1 is 1.50 bits per heavy atom. The van der Waals surface area contributed by atoms with Crippen LogP contribution in [0, 0.1) is 23.2 Å². The summed E-state index contributed by atoms with van der Waals surface area (Å²) in [5.41, 5.74) is 0. The highest BCUT2D eigenvalue weighted by atomic mass is 16.4. The lowest BCUT2D eigenvalue weighted by Crippen LogP contribution is -2.42. The van der Waals surface area contributed by atoms with Gasteiger partial charge in [-0.3, -0.25) is 4.79 Å². The fourth-order valence-electron chi connectivity index (χ4n) is 1.54. The van der Waals surface area contributed by atoms with Crippen LogP contribution in [0.1, 0.15) is 26.7 Å². The zero-order valence-corrected chi connectivity index (χ0v) is 11.1. The number of nitriles is 1. The van der Waals surface area contributed by atoms with Crippen molar-refractivity contribution in [3.63, 3.8) is 0 Å². The van der Waals surface area contributed by atoms with E-state index in [1.54, 1.807) is 14.0 Å². The molecule has 0 fully saturated rings. The molecule has 0 bridgehead atoms. The van der Waals surface area contributed by atoms with Crippen LogP contribution in [0.2, 0.25) is 0 Å². The second kappa shape index (κ2) is 8.34. The van der Waals surface area contributed by atoms with Crippen molar-refractivity contribution in [2.75, 3.05) is 20.1 Å². The number of rotatable bonds is 7. The van der Waals surface area contributed by atoms with Gasteiger partial charge in [0, 0.05) is 20.1 Å². The van der Waals surface area contributed by atoms with E-state index in [9.17, 15) is 9.59 Å². The molecule has 0 aromatic carbocycles. The first kappa shape index (κ1) is 16.2. The van der Waals surface area contributed by atoms with Crippen molar-refractivity contribution in [1.82, 2.24) is 10.2 Å². The monoisotopic (exact) mass is 255 g/mol. The molecule has 102 valence electrons. The first-order chi connectivity index (χ1) is 8.42. The first-order valence-electron chi connectivity index (χ1n) is 6.03. The predicted molar refractivity (Wildman–Crippen MR) is 66.8 cm³/mol. The topological polar surface area (TPSA) is 93.4 Å². The molecule has 0 radical (unpaired) electrons. The van der Waals surface area contributed by atoms with Crippen molar-refractivity contribution in [2.24, 2.45) is 11.8 Å². The van der Waals surface area contributed by atoms with Crippen LogP contribution in [0.4, 0.5) is 4.79 Å². The van der Waals surface area contributed by atoms with Gasteiger partial charge >= 0.3 is 12.0 Å². The van der Waals surface area contributed by atoms with E-state index in [0.717, 1.165) is 6.42 Å². The van der Waals surface area contributed by atoms with Crippen LogP contribution in [0.3, 0.4) is 0 Å². The average Bonchev–Trinajstić information content (AvgIpc) is 2.33. The third-order valence-corrected chi connectivity index (χ3v) is 2.60. The molecule has 2 N–H and O–H groups in total. The van der Waals surface area contributed by atoms with E-state index < -0.39 is 11.9 Å². The molecule has 0 aliphatic carbocycles. The Labute approximate surface area is 108 Å². The van der Waals surface area contributed by atoms with Crippen LogP contribution in [-0.4, -0.2) is 42.1 Å². The maximum atomic E-state index is 11.6. The number of carbonyl (C=O) groups excluding carboxylic acids is 1. The molecule has 2 atom stereocenters. The quantitative estimate of drug-likeness (QED) is 0.716. The highest BCUT2D eigenvalue weighted by Gasteiger charge is 2.18. The molecule has 2 unspecified atom stereocenters. The molecule has 0 aliphatic heterocycles. The summed E-state index contributed by atoms with van der Waals surface area (Å²) in [6.07, 6.45) is 1.29. The van der Waals surface area contributed by atoms with Crippen molar-refractivity contribution in [3.8, 4) is 6.07 Å². The molecule has 18 heavy (non-hydrogen) atoms. The molecule has 6 nitrogen and oxygen atoms in total. The molecule has 0 heterocycles. The van der Waals surface area contributed by atoms with Gasteiger partial charge < -0.3 is 15.3 Å². The van der Waals surface area contributed by atoms with E-state index in [1.807, 2.05) is 13.0 Å². The van der Waals surface area contributed by atoms with E-state index in [0.29, 0.717) is 13.0 Å². The van der Waals surface area contributed by atoms with E-state index in [4.69, 9.17) is 10.4 Å². The van der Waals surface area contributed by atoms with Gasteiger partial charge in [0.05, 0.1) is 17.9 Å². The van der Waals surface area contributed by atoms with E-state index in [2.05, 4.69) is 5.32 Å². The number of carbonyl (C=O) groups is 2. The van der Waals surface area contributed by atoms with Crippen LogP contribution in [0.15, 0.2) is 0 Å². The SMILES string of the molecule is CCCC(CNC(=O)N(C)CC(C)C#N)C(=O)O. The van der Waals surface area contributed by atoms with Crippen molar-refractivity contribution < 1.29 is 14.7 Å². The Balaban J connectivity index is 4.15. The lowest BCUT2D eigenvalue weighted by molar-refractivity contribution is -0.141. The standard InChI is InChI=1S/C12H21N3O3/c1-4-5-10(11(16)17)7-14-12(18)15(3)8-9(2)6-13/h9-10H,4-5,7-8H2,1-3H3,(H,14,18)(H,16,17). The van der Waals surface area contributed by atoms with Crippen molar-refractivity contribution in [2.45, 2.75) is 26.7 Å². The summed E-state index contributed by atoms with van der Waals surface area (Å²) >= 11 is 0. The summed E-state index contributed by atoms with van der Waals surface area (Å²) in [4.78, 5) is 23.9. The Bertz CT molecular complexity index is 325. The number of nitrogens with zero attached hydrogens (tertiary/aromatic N) is 2. The molecule has 2 amide bonds. The normalized spacial score (nSPS) is 13.2. The highest BCUT2D eigenvalue weighted by Crippen LogP contribution is 2.05. The van der Waals surface area contributed by atoms with Gasteiger partial charge in [0.2, 0.25) is 0 Å². The van der Waals surface area contributed by atoms with Gasteiger partial charge in [-0.15, -0.1) is 0 Å². The summed E-state index contributed by atoms with van der Waals surface area (Å²) in [6.45, 7) is 4.07. The molecule has 0 aliphatic rings. The third-order valence-electron chi connectivity index (χ3n) is 2.60. The average molecular weight is 255 g/mol. The summed E-state index contributed by atoms with van der Waals surface area (Å²) < 4.78 is 0. The molecule has 0 aromatic heterocycles. The fourth-order valence-corrected chi connectivity index (χ4v) is 1.54. The number of urea groups is 1. The Kier molecular flexibility index (Phi) is 7.52. The van der Waals surface area contributed by atoms with Crippen LogP contribution in [0.5, 0.6) is 0 Å². The summed E-state index contributed by atoms with van der Waals surface area (Å²) in [7, 11) is 1.58. The van der Waals surface area contributed by atoms with Crippen molar-refractivity contribution in [1.29, 1.82) is 5.26 Å². The van der Waals surface area contributed by atoms with Gasteiger partial charge in [-0.2, -0.15) is 5.26 Å². The second-order valence-electron chi connectivity index (χ2n) is 4.42. The van der Waals surface area contributed by atoms with E-state index >= 15 is 0 Å². The summed E-state index contributed by atoms with van der Waals surface area (Å²) in [5.74, 6) is -1.70. The zero-order valence-electron chi connectivity index (χ0n) is 11.1. The van der Waals surface area contributed by atoms with Crippen molar-refractivity contribution in [3.05, 3.63) is 0 Å². The third kappa shape index (κ3) is 6.09. The lowest BCUT2D eigenvalue weighted by Gasteiger charge is -2.20. The van der Waals surface area contributed by atoms with Gasteiger partial charge in [0.15, 0.2) is 0 Å².